The second-order valence-corrected chi connectivity index (χ2v) is 8.83. The van der Waals surface area contributed by atoms with Gasteiger partial charge in [-0.1, -0.05) is 35.3 Å². The molecule has 35 heavy (non-hydrogen) atoms. The van der Waals surface area contributed by atoms with Crippen molar-refractivity contribution in [1.29, 1.82) is 0 Å². The number of aromatic nitrogens is 1. The highest BCUT2D eigenvalue weighted by Crippen LogP contribution is 2.30. The van der Waals surface area contributed by atoms with Gasteiger partial charge in [-0.3, -0.25) is 19.9 Å². The molecule has 0 unspecified atom stereocenters. The van der Waals surface area contributed by atoms with E-state index < -0.39 is 4.92 Å². The molecular weight excluding hydrogens is 489 g/mol. The zero-order valence-corrected chi connectivity index (χ0v) is 20.2. The Hall–Kier alpha value is -3.62. The number of nitrogens with zero attached hydrogens (tertiary/aromatic N) is 4. The first-order chi connectivity index (χ1) is 16.9. The molecule has 10 heteroatoms. The van der Waals surface area contributed by atoms with Crippen LogP contribution in [0.1, 0.15) is 11.1 Å². The Morgan fingerprint density at radius 1 is 1.11 bits per heavy atom. The Balaban J connectivity index is 1.39. The number of carbonyl (C=O) groups excluding carboxylic acids is 1. The molecule has 0 saturated carbocycles. The van der Waals surface area contributed by atoms with Gasteiger partial charge in [0.05, 0.1) is 4.92 Å². The van der Waals surface area contributed by atoms with Gasteiger partial charge in [-0.05, 0) is 47.5 Å². The van der Waals surface area contributed by atoms with E-state index in [4.69, 9.17) is 23.2 Å². The van der Waals surface area contributed by atoms with E-state index in [0.29, 0.717) is 48.5 Å². The number of halogens is 2. The molecule has 8 nitrogen and oxygen atoms in total. The zero-order chi connectivity index (χ0) is 24.8. The van der Waals surface area contributed by atoms with E-state index in [2.05, 4.69) is 15.2 Å². The number of hydrogen-bond acceptors (Lipinski definition) is 6. The molecule has 1 aliphatic rings. The van der Waals surface area contributed by atoms with Crippen LogP contribution in [-0.2, 0) is 11.3 Å². The average Bonchev–Trinajstić information content (AvgIpc) is 2.87. The number of nitro benzene ring substituents is 1. The Kier molecular flexibility index (Phi) is 7.84. The van der Waals surface area contributed by atoms with Gasteiger partial charge in [0.15, 0.2) is 0 Å². The first-order valence-electron chi connectivity index (χ1n) is 11.0. The van der Waals surface area contributed by atoms with Crippen LogP contribution in [0.5, 0.6) is 0 Å². The quantitative estimate of drug-likeness (QED) is 0.264. The molecule has 1 N–H and O–H groups in total. The first kappa shape index (κ1) is 24.5. The van der Waals surface area contributed by atoms with Crippen molar-refractivity contribution in [2.24, 2.45) is 0 Å². The lowest BCUT2D eigenvalue weighted by Crippen LogP contribution is -2.48. The molecule has 0 aliphatic carbocycles. The van der Waals surface area contributed by atoms with E-state index in [1.807, 2.05) is 12.1 Å². The Bertz CT molecular complexity index is 1250. The SMILES string of the molecule is O=C(/C=C/c1ccc(Cl)cc1Cl)N1CCN(c2ccc([N+](=O)[O-])c(NCc3cccnc3)c2)CC1. The monoisotopic (exact) mass is 511 g/mol. The summed E-state index contributed by atoms with van der Waals surface area (Å²) in [7, 11) is 0. The number of carbonyl (C=O) groups is 1. The minimum absolute atomic E-state index is 0.0115. The van der Waals surface area contributed by atoms with E-state index in [1.54, 1.807) is 53.7 Å². The highest BCUT2D eigenvalue weighted by molar-refractivity contribution is 6.35. The number of amides is 1. The highest BCUT2D eigenvalue weighted by Gasteiger charge is 2.22. The Morgan fingerprint density at radius 2 is 1.91 bits per heavy atom. The predicted molar refractivity (Wildman–Crippen MR) is 139 cm³/mol. The minimum atomic E-state index is -0.398. The molecule has 2 aromatic carbocycles. The van der Waals surface area contributed by atoms with E-state index in [9.17, 15) is 14.9 Å². The molecule has 0 bridgehead atoms. The fraction of sp³-hybridized carbons (Fsp3) is 0.200. The number of anilines is 2. The summed E-state index contributed by atoms with van der Waals surface area (Å²) in [5.41, 5.74) is 2.96. The molecule has 1 aromatic heterocycles. The van der Waals surface area contributed by atoms with E-state index in [0.717, 1.165) is 16.8 Å². The molecule has 1 aliphatic heterocycles. The Labute approximate surface area is 212 Å². The van der Waals surface area contributed by atoms with Crippen LogP contribution in [0.2, 0.25) is 10.0 Å². The maximum Gasteiger partial charge on any atom is 0.292 e. The number of nitro groups is 1. The van der Waals surface area contributed by atoms with Crippen LogP contribution in [0.4, 0.5) is 17.1 Å². The predicted octanol–water partition coefficient (Wildman–Crippen LogP) is 5.27. The van der Waals surface area contributed by atoms with Crippen molar-refractivity contribution in [3.8, 4) is 0 Å². The fourth-order valence-corrected chi connectivity index (χ4v) is 4.28. The fourth-order valence-electron chi connectivity index (χ4n) is 3.81. The van der Waals surface area contributed by atoms with Crippen LogP contribution in [0.25, 0.3) is 6.08 Å². The number of pyridine rings is 1. The highest BCUT2D eigenvalue weighted by atomic mass is 35.5. The third kappa shape index (κ3) is 6.29. The molecular formula is C25H23Cl2N5O3. The summed E-state index contributed by atoms with van der Waals surface area (Å²) in [6.45, 7) is 2.71. The van der Waals surface area contributed by atoms with Crippen molar-refractivity contribution in [3.63, 3.8) is 0 Å². The first-order valence-corrected chi connectivity index (χ1v) is 11.7. The van der Waals surface area contributed by atoms with Crippen molar-refractivity contribution < 1.29 is 9.72 Å². The van der Waals surface area contributed by atoms with Gasteiger partial charge >= 0.3 is 0 Å². The lowest BCUT2D eigenvalue weighted by atomic mass is 10.2. The second-order valence-electron chi connectivity index (χ2n) is 7.98. The van der Waals surface area contributed by atoms with Crippen LogP contribution in [0.3, 0.4) is 0 Å². The van der Waals surface area contributed by atoms with Crippen molar-refractivity contribution in [2.75, 3.05) is 36.4 Å². The molecule has 3 aromatic rings. The van der Waals surface area contributed by atoms with E-state index >= 15 is 0 Å². The molecule has 4 rings (SSSR count). The number of rotatable bonds is 7. The summed E-state index contributed by atoms with van der Waals surface area (Å²) < 4.78 is 0. The van der Waals surface area contributed by atoms with Crippen LogP contribution in [0, 0.1) is 10.1 Å². The van der Waals surface area contributed by atoms with Crippen molar-refractivity contribution in [1.82, 2.24) is 9.88 Å². The molecule has 0 radical (unpaired) electrons. The summed E-state index contributed by atoms with van der Waals surface area (Å²) in [5.74, 6) is -0.0989. The minimum Gasteiger partial charge on any atom is -0.375 e. The summed E-state index contributed by atoms with van der Waals surface area (Å²) in [4.78, 5) is 31.7. The molecule has 1 saturated heterocycles. The number of benzene rings is 2. The number of nitrogens with one attached hydrogen (secondary N) is 1. The second kappa shape index (κ2) is 11.2. The standard InChI is InChI=1S/C25H23Cl2N5O3/c26-20-5-3-19(22(27)14-20)4-8-25(33)31-12-10-30(11-13-31)21-6-7-24(32(34)35)23(15-21)29-17-18-2-1-9-28-16-18/h1-9,14-16,29H,10-13,17H2/b8-4+. The molecule has 180 valence electrons. The third-order valence-corrected chi connectivity index (χ3v) is 6.27. The van der Waals surface area contributed by atoms with E-state index in [-0.39, 0.29) is 11.6 Å². The van der Waals surface area contributed by atoms with Gasteiger partial charge in [0.2, 0.25) is 5.91 Å². The topological polar surface area (TPSA) is 91.6 Å². The van der Waals surface area contributed by atoms with Crippen LogP contribution >= 0.6 is 23.2 Å². The van der Waals surface area contributed by atoms with Gasteiger partial charge in [-0.15, -0.1) is 0 Å². The average molecular weight is 512 g/mol. The van der Waals surface area contributed by atoms with E-state index in [1.165, 1.54) is 12.1 Å². The van der Waals surface area contributed by atoms with Crippen molar-refractivity contribution in [3.05, 3.63) is 98.3 Å². The number of piperazine rings is 1. The van der Waals surface area contributed by atoms with Gasteiger partial charge in [-0.25, -0.2) is 0 Å². The molecule has 0 atom stereocenters. The smallest absolute Gasteiger partial charge is 0.292 e. The van der Waals surface area contributed by atoms with Gasteiger partial charge in [0.25, 0.3) is 5.69 Å². The normalized spacial score (nSPS) is 13.8. The molecule has 0 spiro atoms. The van der Waals surface area contributed by atoms with Crippen LogP contribution < -0.4 is 10.2 Å². The maximum atomic E-state index is 12.6. The van der Waals surface area contributed by atoms with Crippen molar-refractivity contribution in [2.45, 2.75) is 6.54 Å². The summed E-state index contributed by atoms with van der Waals surface area (Å²) >= 11 is 12.1. The van der Waals surface area contributed by atoms with Gasteiger partial charge in [-0.2, -0.15) is 0 Å². The third-order valence-electron chi connectivity index (χ3n) is 5.71. The lowest BCUT2D eigenvalue weighted by molar-refractivity contribution is -0.384. The summed E-state index contributed by atoms with van der Waals surface area (Å²) in [6.07, 6.45) is 6.59. The van der Waals surface area contributed by atoms with Gasteiger partial charge in [0, 0.05) is 73.0 Å². The number of hydrogen-bond donors (Lipinski definition) is 1. The summed E-state index contributed by atoms with van der Waals surface area (Å²) in [6, 6.07) is 13.9. The van der Waals surface area contributed by atoms with Crippen molar-refractivity contribution >= 4 is 52.2 Å². The molecule has 2 heterocycles. The molecule has 1 fully saturated rings. The maximum absolute atomic E-state index is 12.6. The zero-order valence-electron chi connectivity index (χ0n) is 18.7. The van der Waals surface area contributed by atoms with Gasteiger partial charge in [0.1, 0.15) is 5.69 Å². The largest absolute Gasteiger partial charge is 0.375 e. The van der Waals surface area contributed by atoms with Crippen LogP contribution in [-0.4, -0.2) is 46.9 Å². The lowest BCUT2D eigenvalue weighted by Gasteiger charge is -2.35. The van der Waals surface area contributed by atoms with Crippen LogP contribution in [0.15, 0.2) is 67.0 Å². The summed E-state index contributed by atoms with van der Waals surface area (Å²) in [5, 5.41) is 15.7. The molecule has 1 amide bonds. The van der Waals surface area contributed by atoms with Gasteiger partial charge < -0.3 is 15.1 Å². The Morgan fingerprint density at radius 3 is 2.60 bits per heavy atom.